The van der Waals surface area contributed by atoms with Crippen molar-refractivity contribution in [2.75, 3.05) is 11.9 Å². The molecule has 0 spiro atoms. The van der Waals surface area contributed by atoms with Gasteiger partial charge in [0.25, 0.3) is 0 Å². The number of benzene rings is 2. The number of carbonyl (C=O) groups excluding carboxylic acids is 1. The molecule has 0 saturated heterocycles. The smallest absolute Gasteiger partial charge is 0.407 e. The van der Waals surface area contributed by atoms with Crippen molar-refractivity contribution in [3.05, 3.63) is 54.1 Å². The van der Waals surface area contributed by atoms with E-state index in [1.165, 1.54) is 4.80 Å². The number of hydrogen-bond donors (Lipinski definition) is 2. The number of nitrogens with zero attached hydrogens (tertiary/aromatic N) is 4. The summed E-state index contributed by atoms with van der Waals surface area (Å²) >= 11 is 0. The van der Waals surface area contributed by atoms with E-state index in [0.717, 1.165) is 16.9 Å². The van der Waals surface area contributed by atoms with Crippen molar-refractivity contribution in [1.82, 2.24) is 25.5 Å². The van der Waals surface area contributed by atoms with E-state index in [-0.39, 0.29) is 18.7 Å². The number of amides is 1. The summed E-state index contributed by atoms with van der Waals surface area (Å²) in [6, 6.07) is 14.7. The SMILES string of the molecule is CC(C)(C)NC(=O)OCCn1nnc(-c2ccccc2Nc2ccc(CF)cc2)n1. The fourth-order valence-electron chi connectivity index (χ4n) is 2.63. The Balaban J connectivity index is 1.64. The molecule has 0 aliphatic rings. The number of para-hydroxylation sites is 1. The van der Waals surface area contributed by atoms with E-state index in [9.17, 15) is 9.18 Å². The summed E-state index contributed by atoms with van der Waals surface area (Å²) in [4.78, 5) is 13.1. The van der Waals surface area contributed by atoms with Gasteiger partial charge in [-0.05, 0) is 55.8 Å². The molecule has 3 aromatic rings. The molecule has 8 nitrogen and oxygen atoms in total. The fourth-order valence-corrected chi connectivity index (χ4v) is 2.63. The summed E-state index contributed by atoms with van der Waals surface area (Å²) in [6.07, 6.45) is -0.490. The minimum Gasteiger partial charge on any atom is -0.448 e. The fraction of sp³-hybridized carbons (Fsp3) is 0.333. The zero-order valence-corrected chi connectivity index (χ0v) is 17.2. The third kappa shape index (κ3) is 6.00. The average Bonchev–Trinajstić information content (AvgIpc) is 3.16. The summed E-state index contributed by atoms with van der Waals surface area (Å²) < 4.78 is 17.8. The van der Waals surface area contributed by atoms with E-state index < -0.39 is 12.8 Å². The van der Waals surface area contributed by atoms with E-state index in [2.05, 4.69) is 26.0 Å². The number of carbonyl (C=O) groups is 1. The molecule has 0 aliphatic heterocycles. The van der Waals surface area contributed by atoms with Crippen LogP contribution in [0.2, 0.25) is 0 Å². The van der Waals surface area contributed by atoms with Gasteiger partial charge < -0.3 is 15.4 Å². The van der Waals surface area contributed by atoms with E-state index >= 15 is 0 Å². The van der Waals surface area contributed by atoms with Crippen molar-refractivity contribution < 1.29 is 13.9 Å². The van der Waals surface area contributed by atoms with Gasteiger partial charge in [-0.3, -0.25) is 0 Å². The minimum absolute atomic E-state index is 0.124. The van der Waals surface area contributed by atoms with E-state index in [4.69, 9.17) is 4.74 Å². The normalized spacial score (nSPS) is 11.2. The maximum Gasteiger partial charge on any atom is 0.407 e. The lowest BCUT2D eigenvalue weighted by Crippen LogP contribution is -2.41. The van der Waals surface area contributed by atoms with Crippen LogP contribution < -0.4 is 10.6 Å². The molecule has 1 heterocycles. The first kappa shape index (κ1) is 21.2. The molecule has 0 saturated carbocycles. The maximum atomic E-state index is 12.7. The molecule has 30 heavy (non-hydrogen) atoms. The largest absolute Gasteiger partial charge is 0.448 e. The molecular weight excluding hydrogens is 387 g/mol. The number of nitrogens with one attached hydrogen (secondary N) is 2. The molecule has 0 bridgehead atoms. The lowest BCUT2D eigenvalue weighted by Gasteiger charge is -2.19. The minimum atomic E-state index is -0.495. The zero-order chi connectivity index (χ0) is 21.6. The third-order valence-electron chi connectivity index (χ3n) is 4.01. The number of alkyl halides is 1. The van der Waals surface area contributed by atoms with Crippen molar-refractivity contribution in [3.63, 3.8) is 0 Å². The average molecular weight is 412 g/mol. The Morgan fingerprint density at radius 1 is 1.13 bits per heavy atom. The van der Waals surface area contributed by atoms with Gasteiger partial charge in [-0.2, -0.15) is 4.80 Å². The van der Waals surface area contributed by atoms with Crippen LogP contribution in [0.1, 0.15) is 26.3 Å². The number of tetrazole rings is 1. The van der Waals surface area contributed by atoms with Crippen LogP contribution in [0.3, 0.4) is 0 Å². The van der Waals surface area contributed by atoms with Crippen LogP contribution in [0, 0.1) is 0 Å². The third-order valence-corrected chi connectivity index (χ3v) is 4.01. The van der Waals surface area contributed by atoms with Crippen LogP contribution >= 0.6 is 0 Å². The van der Waals surface area contributed by atoms with Gasteiger partial charge in [-0.25, -0.2) is 9.18 Å². The summed E-state index contributed by atoms with van der Waals surface area (Å²) in [5.74, 6) is 0.442. The lowest BCUT2D eigenvalue weighted by molar-refractivity contribution is 0.130. The van der Waals surface area contributed by atoms with E-state index in [1.54, 1.807) is 12.1 Å². The molecule has 0 atom stereocenters. The Morgan fingerprint density at radius 3 is 2.57 bits per heavy atom. The van der Waals surface area contributed by atoms with Gasteiger partial charge >= 0.3 is 6.09 Å². The zero-order valence-electron chi connectivity index (χ0n) is 17.2. The molecule has 0 fully saturated rings. The molecule has 9 heteroatoms. The van der Waals surface area contributed by atoms with Gasteiger partial charge in [0.2, 0.25) is 5.82 Å². The number of hydrogen-bond acceptors (Lipinski definition) is 6. The molecule has 2 aromatic carbocycles. The Labute approximate surface area is 174 Å². The second-order valence-corrected chi connectivity index (χ2v) is 7.72. The van der Waals surface area contributed by atoms with Gasteiger partial charge in [-0.1, -0.05) is 24.3 Å². The Kier molecular flexibility index (Phi) is 6.61. The quantitative estimate of drug-likeness (QED) is 0.607. The summed E-state index contributed by atoms with van der Waals surface area (Å²) in [5.41, 5.74) is 2.65. The van der Waals surface area contributed by atoms with Gasteiger partial charge in [-0.15, -0.1) is 10.2 Å². The van der Waals surface area contributed by atoms with Crippen molar-refractivity contribution >= 4 is 17.5 Å². The van der Waals surface area contributed by atoms with Crippen LogP contribution in [0.5, 0.6) is 0 Å². The van der Waals surface area contributed by atoms with Gasteiger partial charge in [0, 0.05) is 22.5 Å². The first-order valence-electron chi connectivity index (χ1n) is 9.58. The molecule has 0 unspecified atom stereocenters. The van der Waals surface area contributed by atoms with Crippen LogP contribution in [-0.4, -0.2) is 38.4 Å². The van der Waals surface area contributed by atoms with Crippen LogP contribution in [0.15, 0.2) is 48.5 Å². The standard InChI is InChI=1S/C21H25FN6O2/c1-21(2,3)24-20(29)30-13-12-28-26-19(25-27-28)17-6-4-5-7-18(17)23-16-10-8-15(14-22)9-11-16/h4-11,23H,12-14H2,1-3H3,(H,24,29). The molecular formula is C21H25FN6O2. The van der Waals surface area contributed by atoms with Gasteiger partial charge in [0.05, 0.1) is 6.54 Å². The van der Waals surface area contributed by atoms with Crippen molar-refractivity contribution in [3.8, 4) is 11.4 Å². The number of alkyl carbamates (subject to hydrolysis) is 1. The number of halogens is 1. The van der Waals surface area contributed by atoms with Crippen LogP contribution in [0.25, 0.3) is 11.4 Å². The highest BCUT2D eigenvalue weighted by Gasteiger charge is 2.15. The Morgan fingerprint density at radius 2 is 1.87 bits per heavy atom. The van der Waals surface area contributed by atoms with Crippen molar-refractivity contribution in [2.45, 2.75) is 39.5 Å². The van der Waals surface area contributed by atoms with Crippen molar-refractivity contribution in [2.24, 2.45) is 0 Å². The van der Waals surface area contributed by atoms with Gasteiger partial charge in [0.1, 0.15) is 13.3 Å². The second-order valence-electron chi connectivity index (χ2n) is 7.72. The van der Waals surface area contributed by atoms with E-state index in [1.807, 2.05) is 57.2 Å². The Bertz CT molecular complexity index is 982. The highest BCUT2D eigenvalue weighted by atomic mass is 19.1. The molecule has 1 aromatic heterocycles. The molecule has 0 aliphatic carbocycles. The highest BCUT2D eigenvalue weighted by molar-refractivity contribution is 5.77. The number of aromatic nitrogens is 4. The second kappa shape index (κ2) is 9.34. The summed E-state index contributed by atoms with van der Waals surface area (Å²) in [6.45, 7) is 5.54. The van der Waals surface area contributed by atoms with Gasteiger partial charge in [0.15, 0.2) is 0 Å². The molecule has 2 N–H and O–H groups in total. The van der Waals surface area contributed by atoms with Crippen LogP contribution in [-0.2, 0) is 18.0 Å². The summed E-state index contributed by atoms with van der Waals surface area (Å²) in [5, 5.41) is 18.5. The molecule has 3 rings (SSSR count). The topological polar surface area (TPSA) is 94.0 Å². The van der Waals surface area contributed by atoms with E-state index in [0.29, 0.717) is 11.4 Å². The Hall–Kier alpha value is -3.49. The first-order valence-corrected chi connectivity index (χ1v) is 9.58. The maximum absolute atomic E-state index is 12.7. The van der Waals surface area contributed by atoms with Crippen LogP contribution in [0.4, 0.5) is 20.6 Å². The number of rotatable bonds is 7. The predicted octanol–water partition coefficient (Wildman–Crippen LogP) is 4.08. The molecule has 1 amide bonds. The van der Waals surface area contributed by atoms with Crippen molar-refractivity contribution in [1.29, 1.82) is 0 Å². The highest BCUT2D eigenvalue weighted by Crippen LogP contribution is 2.27. The molecule has 0 radical (unpaired) electrons. The first-order chi connectivity index (χ1) is 14.3. The summed E-state index contributed by atoms with van der Waals surface area (Å²) in [7, 11) is 0. The lowest BCUT2D eigenvalue weighted by atomic mass is 10.1. The monoisotopic (exact) mass is 412 g/mol. The molecule has 158 valence electrons. The predicted molar refractivity (Wildman–Crippen MR) is 112 cm³/mol. The number of anilines is 2. The number of ether oxygens (including phenoxy) is 1.